The van der Waals surface area contributed by atoms with Crippen molar-refractivity contribution in [2.24, 2.45) is 0 Å². The zero-order chi connectivity index (χ0) is 8.43. The Balaban J connectivity index is 2.45. The van der Waals surface area contributed by atoms with Crippen molar-refractivity contribution in [2.45, 2.75) is 31.0 Å². The molecule has 4 atom stereocenters. The molecule has 0 radical (unpaired) electrons. The fraction of sp³-hybridized carbons (Fsp3) is 1.00. The third-order valence-corrected chi connectivity index (χ3v) is 1.70. The Kier molecular flexibility index (Phi) is 2.80. The Morgan fingerprint density at radius 3 is 2.45 bits per heavy atom. The Morgan fingerprint density at radius 1 is 1.45 bits per heavy atom. The van der Waals surface area contributed by atoms with Crippen LogP contribution in [0.3, 0.4) is 0 Å². The fourth-order valence-corrected chi connectivity index (χ4v) is 1.12. The maximum absolute atomic E-state index is 9.10. The first-order chi connectivity index (χ1) is 5.15. The van der Waals surface area contributed by atoms with Crippen molar-refractivity contribution < 1.29 is 25.2 Å². The molecule has 1 rings (SSSR count). The van der Waals surface area contributed by atoms with Crippen LogP contribution in [0.5, 0.6) is 0 Å². The highest BCUT2D eigenvalue weighted by atomic mass is 16.6. The second-order valence-electron chi connectivity index (χ2n) is 2.61. The summed E-state index contributed by atoms with van der Waals surface area (Å²) in [5, 5.41) is 35.4. The molecule has 0 amide bonds. The van der Waals surface area contributed by atoms with E-state index in [1.54, 1.807) is 0 Å². The first-order valence-corrected chi connectivity index (χ1v) is 3.45. The fourth-order valence-electron chi connectivity index (χ4n) is 1.12. The zero-order valence-corrected chi connectivity index (χ0v) is 5.92. The lowest BCUT2D eigenvalue weighted by Gasteiger charge is -2.17. The van der Waals surface area contributed by atoms with E-state index < -0.39 is 31.2 Å². The monoisotopic (exact) mass is 164 g/mol. The van der Waals surface area contributed by atoms with Crippen molar-refractivity contribution in [3.8, 4) is 0 Å². The van der Waals surface area contributed by atoms with Crippen molar-refractivity contribution in [1.82, 2.24) is 0 Å². The molecule has 4 N–H and O–H groups in total. The van der Waals surface area contributed by atoms with Gasteiger partial charge in [0.2, 0.25) is 0 Å². The summed E-state index contributed by atoms with van der Waals surface area (Å²) in [7, 11) is 0. The molecule has 0 unspecified atom stereocenters. The molecule has 5 heteroatoms. The van der Waals surface area contributed by atoms with Crippen LogP contribution in [-0.2, 0) is 4.74 Å². The van der Waals surface area contributed by atoms with E-state index in [-0.39, 0.29) is 6.42 Å². The molecule has 0 aromatic heterocycles. The first-order valence-electron chi connectivity index (χ1n) is 3.45. The van der Waals surface area contributed by atoms with E-state index in [1.165, 1.54) is 0 Å². The molecule has 66 valence electrons. The lowest BCUT2D eigenvalue weighted by Crippen LogP contribution is -2.36. The van der Waals surface area contributed by atoms with Crippen molar-refractivity contribution in [2.75, 3.05) is 6.61 Å². The van der Waals surface area contributed by atoms with Crippen LogP contribution in [0.25, 0.3) is 0 Å². The van der Waals surface area contributed by atoms with Gasteiger partial charge in [-0.05, 0) is 0 Å². The number of rotatable bonds is 2. The molecular formula is C6H12O5. The summed E-state index contributed by atoms with van der Waals surface area (Å²) in [5.41, 5.74) is 0. The van der Waals surface area contributed by atoms with Gasteiger partial charge in [0.1, 0.15) is 12.2 Å². The van der Waals surface area contributed by atoms with Crippen molar-refractivity contribution in [1.29, 1.82) is 0 Å². The highest BCUT2D eigenvalue weighted by molar-refractivity contribution is 4.82. The predicted molar refractivity (Wildman–Crippen MR) is 34.6 cm³/mol. The zero-order valence-electron chi connectivity index (χ0n) is 5.92. The summed E-state index contributed by atoms with van der Waals surface area (Å²) in [4.78, 5) is 0. The maximum Gasteiger partial charge on any atom is 0.157 e. The topological polar surface area (TPSA) is 90.2 Å². The van der Waals surface area contributed by atoms with Crippen molar-refractivity contribution in [3.05, 3.63) is 0 Å². The molecule has 0 saturated carbocycles. The lowest BCUT2D eigenvalue weighted by molar-refractivity contribution is -0.136. The molecule has 1 fully saturated rings. The van der Waals surface area contributed by atoms with Crippen LogP contribution in [0.2, 0.25) is 0 Å². The van der Waals surface area contributed by atoms with Gasteiger partial charge in [0.05, 0.1) is 12.7 Å². The molecule has 0 aromatic carbocycles. The minimum Gasteiger partial charge on any atom is -0.394 e. The van der Waals surface area contributed by atoms with Gasteiger partial charge in [0, 0.05) is 6.42 Å². The molecule has 11 heavy (non-hydrogen) atoms. The summed E-state index contributed by atoms with van der Waals surface area (Å²) in [6.07, 6.45) is -3.83. The number of aliphatic hydroxyl groups is 4. The van der Waals surface area contributed by atoms with Gasteiger partial charge < -0.3 is 25.2 Å². The van der Waals surface area contributed by atoms with Crippen LogP contribution >= 0.6 is 0 Å². The Labute approximate surface area is 63.8 Å². The van der Waals surface area contributed by atoms with Crippen molar-refractivity contribution >= 4 is 0 Å². The predicted octanol–water partition coefficient (Wildman–Crippen LogP) is -2.19. The minimum atomic E-state index is -1.12. The molecule has 0 spiro atoms. The van der Waals surface area contributed by atoms with Gasteiger partial charge in [-0.1, -0.05) is 0 Å². The number of aliphatic hydroxyl groups excluding tert-OH is 4. The van der Waals surface area contributed by atoms with Gasteiger partial charge in [-0.2, -0.15) is 0 Å². The number of hydrogen-bond acceptors (Lipinski definition) is 5. The minimum absolute atomic E-state index is 0.0850. The van der Waals surface area contributed by atoms with Gasteiger partial charge in [0.15, 0.2) is 6.29 Å². The van der Waals surface area contributed by atoms with E-state index in [1.807, 2.05) is 0 Å². The standard InChI is InChI=1S/C6H12O5/c7-2-4(9)6-3(8)1-5(10)11-6/h3-10H,1-2H2/t3-,4-,5-,6+/m1/s1. The average molecular weight is 164 g/mol. The second-order valence-corrected chi connectivity index (χ2v) is 2.61. The molecule has 1 aliphatic heterocycles. The van der Waals surface area contributed by atoms with Crippen LogP contribution in [0.4, 0.5) is 0 Å². The van der Waals surface area contributed by atoms with Crippen LogP contribution < -0.4 is 0 Å². The van der Waals surface area contributed by atoms with E-state index >= 15 is 0 Å². The summed E-state index contributed by atoms with van der Waals surface area (Å²) in [5.74, 6) is 0. The third kappa shape index (κ3) is 1.88. The molecule has 1 heterocycles. The smallest absolute Gasteiger partial charge is 0.157 e. The molecule has 0 bridgehead atoms. The van der Waals surface area contributed by atoms with Gasteiger partial charge in [-0.3, -0.25) is 0 Å². The summed E-state index contributed by atoms with van der Waals surface area (Å²) < 4.78 is 4.72. The Hall–Kier alpha value is -0.200. The molecule has 0 aromatic rings. The van der Waals surface area contributed by atoms with Crippen LogP contribution in [0.1, 0.15) is 6.42 Å². The number of hydrogen-bond donors (Lipinski definition) is 4. The van der Waals surface area contributed by atoms with Crippen LogP contribution in [0.15, 0.2) is 0 Å². The van der Waals surface area contributed by atoms with Crippen molar-refractivity contribution in [3.63, 3.8) is 0 Å². The van der Waals surface area contributed by atoms with E-state index in [9.17, 15) is 0 Å². The van der Waals surface area contributed by atoms with Gasteiger partial charge in [0.25, 0.3) is 0 Å². The first kappa shape index (κ1) is 8.89. The quantitative estimate of drug-likeness (QED) is 0.372. The van der Waals surface area contributed by atoms with E-state index in [0.717, 1.165) is 0 Å². The molecule has 1 saturated heterocycles. The van der Waals surface area contributed by atoms with Gasteiger partial charge in [-0.15, -0.1) is 0 Å². The molecular weight excluding hydrogens is 152 g/mol. The summed E-state index contributed by atoms with van der Waals surface area (Å²) in [6.45, 7) is -0.478. The number of ether oxygens (including phenoxy) is 1. The third-order valence-electron chi connectivity index (χ3n) is 1.70. The summed E-state index contributed by atoms with van der Waals surface area (Å²) >= 11 is 0. The van der Waals surface area contributed by atoms with E-state index in [0.29, 0.717) is 0 Å². The van der Waals surface area contributed by atoms with Crippen LogP contribution in [0, 0.1) is 0 Å². The Bertz CT molecular complexity index is 124. The van der Waals surface area contributed by atoms with Gasteiger partial charge in [-0.25, -0.2) is 0 Å². The summed E-state index contributed by atoms with van der Waals surface area (Å²) in [6, 6.07) is 0. The molecule has 5 nitrogen and oxygen atoms in total. The largest absolute Gasteiger partial charge is 0.394 e. The molecule has 1 aliphatic rings. The highest BCUT2D eigenvalue weighted by Gasteiger charge is 2.37. The van der Waals surface area contributed by atoms with Crippen LogP contribution in [-0.4, -0.2) is 51.6 Å². The second kappa shape index (κ2) is 3.46. The maximum atomic E-state index is 9.10. The van der Waals surface area contributed by atoms with E-state index in [2.05, 4.69) is 0 Å². The highest BCUT2D eigenvalue weighted by Crippen LogP contribution is 2.20. The van der Waals surface area contributed by atoms with Gasteiger partial charge >= 0.3 is 0 Å². The Morgan fingerprint density at radius 2 is 2.09 bits per heavy atom. The molecule has 0 aliphatic carbocycles. The average Bonchev–Trinajstić information content (AvgIpc) is 2.28. The van der Waals surface area contributed by atoms with E-state index in [4.69, 9.17) is 25.2 Å². The SMILES string of the molecule is OC[C@@H](O)[C@H]1O[C@@H](O)C[C@H]1O. The normalized spacial score (nSPS) is 40.9. The lowest BCUT2D eigenvalue weighted by atomic mass is 10.1.